The zero-order valence-corrected chi connectivity index (χ0v) is 9.84. The summed E-state index contributed by atoms with van der Waals surface area (Å²) in [6, 6.07) is 0. The first-order chi connectivity index (χ1) is 7.24. The number of hydrogen-bond acceptors (Lipinski definition) is 3. The number of nitrogens with zero attached hydrogens (tertiary/aromatic N) is 1. The molecule has 2 N–H and O–H groups in total. The van der Waals surface area contributed by atoms with E-state index >= 15 is 0 Å². The second kappa shape index (κ2) is 4.81. The number of rotatable bonds is 3. The number of aliphatic hydroxyl groups is 1. The van der Waals surface area contributed by atoms with Crippen LogP contribution in [0.3, 0.4) is 0 Å². The molecule has 0 aromatic rings. The van der Waals surface area contributed by atoms with Gasteiger partial charge in [-0.2, -0.15) is 0 Å². The van der Waals surface area contributed by atoms with Crippen LogP contribution in [0.15, 0.2) is 0 Å². The van der Waals surface area contributed by atoms with Crippen LogP contribution in [-0.2, 0) is 0 Å². The van der Waals surface area contributed by atoms with E-state index in [2.05, 4.69) is 17.3 Å². The second-order valence-electron chi connectivity index (χ2n) is 5.42. The van der Waals surface area contributed by atoms with Crippen LogP contribution < -0.4 is 5.32 Å². The molecule has 15 heavy (non-hydrogen) atoms. The first-order valence-corrected chi connectivity index (χ1v) is 6.28. The molecule has 2 rings (SSSR count). The molecule has 0 spiro atoms. The summed E-state index contributed by atoms with van der Waals surface area (Å²) in [5, 5.41) is 13.0. The maximum Gasteiger partial charge on any atom is 0.0613 e. The lowest BCUT2D eigenvalue weighted by molar-refractivity contribution is 0.123. The molecule has 0 bridgehead atoms. The molecular weight excluding hydrogens is 188 g/mol. The Balaban J connectivity index is 1.84. The third-order valence-corrected chi connectivity index (χ3v) is 4.15. The molecule has 2 heterocycles. The smallest absolute Gasteiger partial charge is 0.0613 e. The molecule has 88 valence electrons. The normalized spacial score (nSPS) is 34.8. The van der Waals surface area contributed by atoms with Crippen molar-refractivity contribution in [2.24, 2.45) is 5.92 Å². The summed E-state index contributed by atoms with van der Waals surface area (Å²) in [7, 11) is 2.20. The molecule has 1 atom stereocenters. The van der Waals surface area contributed by atoms with Crippen molar-refractivity contribution in [2.75, 3.05) is 33.3 Å². The summed E-state index contributed by atoms with van der Waals surface area (Å²) >= 11 is 0. The number of nitrogens with one attached hydrogen (secondary N) is 1. The van der Waals surface area contributed by atoms with Gasteiger partial charge in [0.2, 0.25) is 0 Å². The number of hydrogen-bond donors (Lipinski definition) is 2. The molecule has 0 radical (unpaired) electrons. The van der Waals surface area contributed by atoms with E-state index in [1.807, 2.05) is 0 Å². The Morgan fingerprint density at radius 1 is 1.40 bits per heavy atom. The Bertz CT molecular complexity index is 194. The third kappa shape index (κ3) is 2.71. The largest absolute Gasteiger partial charge is 0.394 e. The molecule has 0 aromatic carbocycles. The quantitative estimate of drug-likeness (QED) is 0.727. The molecule has 0 amide bonds. The van der Waals surface area contributed by atoms with Gasteiger partial charge in [0.1, 0.15) is 0 Å². The Kier molecular flexibility index (Phi) is 3.65. The van der Waals surface area contributed by atoms with Crippen LogP contribution in [-0.4, -0.2) is 48.8 Å². The van der Waals surface area contributed by atoms with Crippen molar-refractivity contribution in [3.63, 3.8) is 0 Å². The number of aliphatic hydroxyl groups excluding tert-OH is 1. The minimum Gasteiger partial charge on any atom is -0.394 e. The Hall–Kier alpha value is -0.120. The minimum absolute atomic E-state index is 0.0700. The Morgan fingerprint density at radius 2 is 2.13 bits per heavy atom. The predicted molar refractivity (Wildman–Crippen MR) is 61.9 cm³/mol. The van der Waals surface area contributed by atoms with Gasteiger partial charge in [-0.25, -0.2) is 0 Å². The highest BCUT2D eigenvalue weighted by atomic mass is 16.3. The molecule has 0 saturated carbocycles. The lowest BCUT2D eigenvalue weighted by Gasteiger charge is -2.36. The summed E-state index contributed by atoms with van der Waals surface area (Å²) in [4.78, 5) is 2.41. The van der Waals surface area contributed by atoms with Gasteiger partial charge in [0.25, 0.3) is 0 Å². The monoisotopic (exact) mass is 212 g/mol. The van der Waals surface area contributed by atoms with Gasteiger partial charge in [-0.05, 0) is 64.7 Å². The van der Waals surface area contributed by atoms with Crippen molar-refractivity contribution in [3.05, 3.63) is 0 Å². The van der Waals surface area contributed by atoms with E-state index in [9.17, 15) is 5.11 Å². The predicted octanol–water partition coefficient (Wildman–Crippen LogP) is 0.833. The number of piperidine rings is 1. The van der Waals surface area contributed by atoms with E-state index < -0.39 is 0 Å². The summed E-state index contributed by atoms with van der Waals surface area (Å²) in [6.45, 7) is 3.87. The maximum absolute atomic E-state index is 9.53. The van der Waals surface area contributed by atoms with E-state index in [0.29, 0.717) is 6.61 Å². The van der Waals surface area contributed by atoms with Crippen molar-refractivity contribution in [1.29, 1.82) is 0 Å². The van der Waals surface area contributed by atoms with E-state index in [1.54, 1.807) is 0 Å². The van der Waals surface area contributed by atoms with Crippen molar-refractivity contribution < 1.29 is 5.11 Å². The first kappa shape index (κ1) is 11.4. The van der Waals surface area contributed by atoms with Crippen LogP contribution >= 0.6 is 0 Å². The summed E-state index contributed by atoms with van der Waals surface area (Å²) in [6.07, 6.45) is 6.18. The Labute approximate surface area is 92.8 Å². The van der Waals surface area contributed by atoms with E-state index in [0.717, 1.165) is 18.9 Å². The Morgan fingerprint density at radius 3 is 2.67 bits per heavy atom. The fourth-order valence-electron chi connectivity index (χ4n) is 3.06. The average molecular weight is 212 g/mol. The zero-order valence-electron chi connectivity index (χ0n) is 9.84. The minimum atomic E-state index is 0.0700. The van der Waals surface area contributed by atoms with Gasteiger partial charge in [0.05, 0.1) is 6.61 Å². The van der Waals surface area contributed by atoms with Crippen LogP contribution in [0.4, 0.5) is 0 Å². The fraction of sp³-hybridized carbons (Fsp3) is 1.00. The lowest BCUT2D eigenvalue weighted by atomic mass is 9.82. The van der Waals surface area contributed by atoms with Gasteiger partial charge < -0.3 is 15.3 Å². The highest BCUT2D eigenvalue weighted by Gasteiger charge is 2.35. The molecule has 1 unspecified atom stereocenters. The second-order valence-corrected chi connectivity index (χ2v) is 5.42. The summed E-state index contributed by atoms with van der Waals surface area (Å²) < 4.78 is 0. The maximum atomic E-state index is 9.53. The molecule has 2 aliphatic rings. The van der Waals surface area contributed by atoms with E-state index in [-0.39, 0.29) is 5.54 Å². The molecule has 2 saturated heterocycles. The SMILES string of the molecule is CN1CCC(CC2(CO)CCCN2)CC1. The summed E-state index contributed by atoms with van der Waals surface area (Å²) in [5.41, 5.74) is 0.0700. The van der Waals surface area contributed by atoms with Crippen LogP contribution in [0.5, 0.6) is 0 Å². The van der Waals surface area contributed by atoms with Crippen LogP contribution in [0, 0.1) is 5.92 Å². The average Bonchev–Trinajstić information content (AvgIpc) is 2.71. The molecule has 2 aliphatic heterocycles. The van der Waals surface area contributed by atoms with Crippen molar-refractivity contribution >= 4 is 0 Å². The molecule has 0 aliphatic carbocycles. The van der Waals surface area contributed by atoms with Crippen LogP contribution in [0.25, 0.3) is 0 Å². The highest BCUT2D eigenvalue weighted by Crippen LogP contribution is 2.31. The van der Waals surface area contributed by atoms with Gasteiger partial charge in [0.15, 0.2) is 0 Å². The number of likely N-dealkylation sites (tertiary alicyclic amines) is 1. The van der Waals surface area contributed by atoms with Crippen LogP contribution in [0.2, 0.25) is 0 Å². The van der Waals surface area contributed by atoms with Crippen molar-refractivity contribution in [3.8, 4) is 0 Å². The van der Waals surface area contributed by atoms with Gasteiger partial charge in [0, 0.05) is 5.54 Å². The van der Waals surface area contributed by atoms with Crippen molar-refractivity contribution in [1.82, 2.24) is 10.2 Å². The molecule has 3 heteroatoms. The van der Waals surface area contributed by atoms with Gasteiger partial charge >= 0.3 is 0 Å². The standard InChI is InChI=1S/C12H24N2O/c1-14-7-3-11(4-8-14)9-12(10-15)5-2-6-13-12/h11,13,15H,2-10H2,1H3. The molecule has 2 fully saturated rings. The molecular formula is C12H24N2O. The fourth-order valence-corrected chi connectivity index (χ4v) is 3.06. The molecule has 0 aromatic heterocycles. The first-order valence-electron chi connectivity index (χ1n) is 6.28. The lowest BCUT2D eigenvalue weighted by Crippen LogP contribution is -2.46. The van der Waals surface area contributed by atoms with Crippen LogP contribution in [0.1, 0.15) is 32.1 Å². The molecule has 3 nitrogen and oxygen atoms in total. The highest BCUT2D eigenvalue weighted by molar-refractivity contribution is 4.94. The van der Waals surface area contributed by atoms with E-state index in [1.165, 1.54) is 38.8 Å². The van der Waals surface area contributed by atoms with Gasteiger partial charge in [-0.3, -0.25) is 0 Å². The zero-order chi connectivity index (χ0) is 10.7. The third-order valence-electron chi connectivity index (χ3n) is 4.15. The van der Waals surface area contributed by atoms with E-state index in [4.69, 9.17) is 0 Å². The van der Waals surface area contributed by atoms with Crippen molar-refractivity contribution in [2.45, 2.75) is 37.6 Å². The summed E-state index contributed by atoms with van der Waals surface area (Å²) in [5.74, 6) is 0.818. The topological polar surface area (TPSA) is 35.5 Å². The van der Waals surface area contributed by atoms with Gasteiger partial charge in [-0.1, -0.05) is 0 Å². The van der Waals surface area contributed by atoms with Gasteiger partial charge in [-0.15, -0.1) is 0 Å².